The number of halogens is 2. The van der Waals surface area contributed by atoms with Crippen molar-refractivity contribution in [3.05, 3.63) is 101 Å². The molecule has 5 rings (SSSR count). The molecule has 1 aromatic heterocycles. The highest BCUT2D eigenvalue weighted by Crippen LogP contribution is 2.36. The van der Waals surface area contributed by atoms with E-state index < -0.39 is 6.03 Å². The van der Waals surface area contributed by atoms with Crippen molar-refractivity contribution in [3.63, 3.8) is 0 Å². The number of aromatic nitrogens is 2. The van der Waals surface area contributed by atoms with Gasteiger partial charge in [0.2, 0.25) is 0 Å². The van der Waals surface area contributed by atoms with Crippen molar-refractivity contribution < 1.29 is 9.53 Å². The molecule has 0 atom stereocenters. The summed E-state index contributed by atoms with van der Waals surface area (Å²) < 4.78 is 5.92. The van der Waals surface area contributed by atoms with E-state index >= 15 is 0 Å². The zero-order valence-corrected chi connectivity index (χ0v) is 20.4. The molecule has 0 radical (unpaired) electrons. The van der Waals surface area contributed by atoms with Crippen molar-refractivity contribution >= 4 is 57.3 Å². The molecule has 5 aromatic rings. The summed E-state index contributed by atoms with van der Waals surface area (Å²) >= 11 is 12.1. The number of carbonyl (C=O) groups is 1. The van der Waals surface area contributed by atoms with E-state index in [4.69, 9.17) is 39.4 Å². The Morgan fingerprint density at radius 2 is 1.67 bits per heavy atom. The molecule has 1 heterocycles. The number of hydrogen-bond acceptors (Lipinski definition) is 4. The minimum atomic E-state index is -0.614. The van der Waals surface area contributed by atoms with Crippen LogP contribution in [0.5, 0.6) is 5.75 Å². The molecule has 0 aliphatic carbocycles. The molecule has 180 valence electrons. The Hall–Kier alpha value is -4.20. The largest absolute Gasteiger partial charge is 0.489 e. The summed E-state index contributed by atoms with van der Waals surface area (Å²) in [4.78, 5) is 13.6. The number of nitrogen functional groups attached to an aromatic ring is 1. The van der Waals surface area contributed by atoms with Gasteiger partial charge < -0.3 is 16.2 Å². The number of fused-ring (bicyclic) bond motifs is 1. The molecule has 7 nitrogen and oxygen atoms in total. The summed E-state index contributed by atoms with van der Waals surface area (Å²) in [5.74, 6) is 1.09. The van der Waals surface area contributed by atoms with Gasteiger partial charge in [0.1, 0.15) is 12.4 Å². The standard InChI is InChI=1S/C27H21Cl2N5O2/c28-18-7-11-22(12-8-18)36-15-17-6-13-23(24-25(17)32-33-26(24)30)16-4-9-20(10-5-16)34(27(31)35)21-3-1-2-19(29)14-21/h1-14H,15H2,(H2,31,35)(H3,30,32,33). The van der Waals surface area contributed by atoms with Gasteiger partial charge >= 0.3 is 6.03 Å². The van der Waals surface area contributed by atoms with Gasteiger partial charge in [-0.25, -0.2) is 4.79 Å². The topological polar surface area (TPSA) is 110 Å². The van der Waals surface area contributed by atoms with Gasteiger partial charge in [0.05, 0.1) is 22.3 Å². The van der Waals surface area contributed by atoms with E-state index in [1.165, 1.54) is 4.90 Å². The molecule has 2 amide bonds. The second-order valence-corrected chi connectivity index (χ2v) is 8.95. The molecule has 4 aromatic carbocycles. The van der Waals surface area contributed by atoms with Crippen LogP contribution < -0.4 is 21.1 Å². The molecule has 0 fully saturated rings. The molecule has 0 aliphatic heterocycles. The third kappa shape index (κ3) is 4.66. The van der Waals surface area contributed by atoms with Gasteiger partial charge in [-0.3, -0.25) is 10.00 Å². The number of nitrogens with two attached hydrogens (primary N) is 2. The lowest BCUT2D eigenvalue weighted by Gasteiger charge is -2.21. The van der Waals surface area contributed by atoms with Crippen LogP contribution in [0.4, 0.5) is 22.0 Å². The maximum atomic E-state index is 12.2. The monoisotopic (exact) mass is 517 g/mol. The van der Waals surface area contributed by atoms with Crippen LogP contribution in [0.1, 0.15) is 5.56 Å². The summed E-state index contributed by atoms with van der Waals surface area (Å²) in [6.07, 6.45) is 0. The van der Waals surface area contributed by atoms with E-state index in [0.29, 0.717) is 39.6 Å². The van der Waals surface area contributed by atoms with Crippen molar-refractivity contribution in [1.29, 1.82) is 0 Å². The summed E-state index contributed by atoms with van der Waals surface area (Å²) in [7, 11) is 0. The number of H-pyrrole nitrogens is 1. The first-order chi connectivity index (χ1) is 17.4. The first-order valence-electron chi connectivity index (χ1n) is 11.0. The second-order valence-electron chi connectivity index (χ2n) is 8.07. The fraction of sp³-hybridized carbons (Fsp3) is 0.0370. The maximum Gasteiger partial charge on any atom is 0.323 e. The molecular weight excluding hydrogens is 497 g/mol. The van der Waals surface area contributed by atoms with E-state index in [2.05, 4.69) is 10.2 Å². The SMILES string of the molecule is NC(=O)N(c1ccc(-c2ccc(COc3ccc(Cl)cc3)c3[nH]nc(N)c23)cc1)c1cccc(Cl)c1. The lowest BCUT2D eigenvalue weighted by atomic mass is 9.98. The predicted molar refractivity (Wildman–Crippen MR) is 145 cm³/mol. The zero-order valence-electron chi connectivity index (χ0n) is 18.9. The van der Waals surface area contributed by atoms with Crippen LogP contribution in [-0.4, -0.2) is 16.2 Å². The van der Waals surface area contributed by atoms with Gasteiger partial charge in [0, 0.05) is 15.6 Å². The fourth-order valence-corrected chi connectivity index (χ4v) is 4.38. The van der Waals surface area contributed by atoms with Gasteiger partial charge in [-0.15, -0.1) is 0 Å². The lowest BCUT2D eigenvalue weighted by Crippen LogP contribution is -2.31. The Balaban J connectivity index is 1.46. The molecule has 0 bridgehead atoms. The second kappa shape index (κ2) is 9.81. The molecule has 0 spiro atoms. The number of nitrogens with zero attached hydrogens (tertiary/aromatic N) is 2. The van der Waals surface area contributed by atoms with Gasteiger partial charge in [0.15, 0.2) is 5.82 Å². The van der Waals surface area contributed by atoms with Gasteiger partial charge in [0.25, 0.3) is 0 Å². The van der Waals surface area contributed by atoms with Crippen molar-refractivity contribution in [2.75, 3.05) is 10.6 Å². The summed E-state index contributed by atoms with van der Waals surface area (Å²) in [6, 6.07) is 24.9. The van der Waals surface area contributed by atoms with E-state index in [9.17, 15) is 4.79 Å². The summed E-state index contributed by atoms with van der Waals surface area (Å²) in [5, 5.41) is 9.20. The van der Waals surface area contributed by atoms with E-state index in [0.717, 1.165) is 27.6 Å². The highest BCUT2D eigenvalue weighted by atomic mass is 35.5. The third-order valence-corrected chi connectivity index (χ3v) is 6.25. The first kappa shape index (κ1) is 23.5. The van der Waals surface area contributed by atoms with Crippen LogP contribution in [0.25, 0.3) is 22.0 Å². The number of benzene rings is 4. The van der Waals surface area contributed by atoms with E-state index in [-0.39, 0.29) is 0 Å². The average Bonchev–Trinajstić information content (AvgIpc) is 3.26. The highest BCUT2D eigenvalue weighted by Gasteiger charge is 2.17. The molecule has 0 unspecified atom stereocenters. The number of nitrogens with one attached hydrogen (secondary N) is 1. The van der Waals surface area contributed by atoms with Crippen LogP contribution in [0.3, 0.4) is 0 Å². The quantitative estimate of drug-likeness (QED) is 0.227. The zero-order chi connectivity index (χ0) is 25.2. The average molecular weight is 518 g/mol. The summed E-state index contributed by atoms with van der Waals surface area (Å²) in [5.41, 5.74) is 16.6. The van der Waals surface area contributed by atoms with E-state index in [1.807, 2.05) is 48.5 Å². The molecule has 9 heteroatoms. The minimum absolute atomic E-state index is 0.326. The molecule has 36 heavy (non-hydrogen) atoms. The first-order valence-corrected chi connectivity index (χ1v) is 11.8. The van der Waals surface area contributed by atoms with Gasteiger partial charge in [-0.1, -0.05) is 53.5 Å². The van der Waals surface area contributed by atoms with Crippen LogP contribution in [0.15, 0.2) is 84.9 Å². The third-order valence-electron chi connectivity index (χ3n) is 5.77. The Bertz CT molecular complexity index is 1550. The Kier molecular flexibility index (Phi) is 6.41. The lowest BCUT2D eigenvalue weighted by molar-refractivity contribution is 0.256. The van der Waals surface area contributed by atoms with Crippen molar-refractivity contribution in [3.8, 4) is 16.9 Å². The Morgan fingerprint density at radius 3 is 2.36 bits per heavy atom. The van der Waals surface area contributed by atoms with Gasteiger partial charge in [-0.05, 0) is 65.7 Å². The summed E-state index contributed by atoms with van der Waals surface area (Å²) in [6.45, 7) is 0.326. The normalized spacial score (nSPS) is 10.9. The fourth-order valence-electron chi connectivity index (χ4n) is 4.07. The minimum Gasteiger partial charge on any atom is -0.489 e. The number of carbonyl (C=O) groups excluding carboxylic acids is 1. The molecule has 0 saturated heterocycles. The van der Waals surface area contributed by atoms with Crippen molar-refractivity contribution in [2.24, 2.45) is 5.73 Å². The predicted octanol–water partition coefficient (Wildman–Crippen LogP) is 6.91. The number of aromatic amines is 1. The van der Waals surface area contributed by atoms with Crippen LogP contribution >= 0.6 is 23.2 Å². The molecule has 0 saturated carbocycles. The molecule has 0 aliphatic rings. The molecular formula is C27H21Cl2N5O2. The van der Waals surface area contributed by atoms with Gasteiger partial charge in [-0.2, -0.15) is 5.10 Å². The smallest absolute Gasteiger partial charge is 0.323 e. The number of urea groups is 1. The highest BCUT2D eigenvalue weighted by molar-refractivity contribution is 6.31. The molecule has 5 N–H and O–H groups in total. The van der Waals surface area contributed by atoms with Crippen molar-refractivity contribution in [1.82, 2.24) is 10.2 Å². The Morgan fingerprint density at radius 1 is 0.917 bits per heavy atom. The van der Waals surface area contributed by atoms with E-state index in [1.54, 1.807) is 36.4 Å². The number of amides is 2. The number of anilines is 3. The number of hydrogen-bond donors (Lipinski definition) is 3. The maximum absolute atomic E-state index is 12.2. The van der Waals surface area contributed by atoms with Crippen LogP contribution in [-0.2, 0) is 6.61 Å². The van der Waals surface area contributed by atoms with Crippen LogP contribution in [0.2, 0.25) is 10.0 Å². The van der Waals surface area contributed by atoms with Crippen molar-refractivity contribution in [2.45, 2.75) is 6.61 Å². The number of primary amides is 1. The number of rotatable bonds is 6. The Labute approximate surface area is 217 Å². The van der Waals surface area contributed by atoms with Crippen LogP contribution in [0, 0.1) is 0 Å². The number of ether oxygens (including phenoxy) is 1.